The van der Waals surface area contributed by atoms with Crippen LogP contribution in [0.5, 0.6) is 0 Å². The largest absolute Gasteiger partial charge is 0.439 e. The zero-order chi connectivity index (χ0) is 13.4. The van der Waals surface area contributed by atoms with Crippen molar-refractivity contribution in [1.82, 2.24) is 9.55 Å². The molecule has 19 heavy (non-hydrogen) atoms. The van der Waals surface area contributed by atoms with Crippen LogP contribution in [0.3, 0.4) is 0 Å². The summed E-state index contributed by atoms with van der Waals surface area (Å²) >= 11 is 0. The van der Waals surface area contributed by atoms with Gasteiger partial charge >= 0.3 is 0 Å². The molecule has 3 rings (SSSR count). The number of hydrogen-bond acceptors (Lipinski definition) is 4. The molecule has 2 aromatic heterocycles. The van der Waals surface area contributed by atoms with E-state index in [9.17, 15) is 4.79 Å². The van der Waals surface area contributed by atoms with Crippen molar-refractivity contribution in [2.75, 3.05) is 5.73 Å². The molecule has 0 aliphatic rings. The maximum absolute atomic E-state index is 11.8. The van der Waals surface area contributed by atoms with Gasteiger partial charge in [-0.2, -0.15) is 0 Å². The Labute approximate surface area is 109 Å². The van der Waals surface area contributed by atoms with E-state index in [0.717, 1.165) is 5.56 Å². The van der Waals surface area contributed by atoms with E-state index in [1.54, 1.807) is 35.0 Å². The van der Waals surface area contributed by atoms with Crippen molar-refractivity contribution in [3.63, 3.8) is 0 Å². The summed E-state index contributed by atoms with van der Waals surface area (Å²) in [5.74, 6) is 0.492. The molecule has 2 heterocycles. The smallest absolute Gasteiger partial charge is 0.251 e. The molecule has 0 amide bonds. The number of hydrogen-bond donors (Lipinski definition) is 1. The maximum atomic E-state index is 11.8. The van der Waals surface area contributed by atoms with E-state index in [1.807, 2.05) is 13.0 Å². The summed E-state index contributed by atoms with van der Waals surface area (Å²) in [6.07, 6.45) is 1.74. The first-order chi connectivity index (χ1) is 9.11. The molecule has 0 aliphatic carbocycles. The van der Waals surface area contributed by atoms with Gasteiger partial charge in [-0.25, -0.2) is 4.98 Å². The fourth-order valence-electron chi connectivity index (χ4n) is 1.94. The Morgan fingerprint density at radius 1 is 1.32 bits per heavy atom. The summed E-state index contributed by atoms with van der Waals surface area (Å²) in [5.41, 5.74) is 8.57. The molecular formula is C14H13N3O2. The molecule has 1 aromatic carbocycles. The van der Waals surface area contributed by atoms with Crippen molar-refractivity contribution in [3.05, 3.63) is 58.3 Å². The van der Waals surface area contributed by atoms with Crippen molar-refractivity contribution in [2.24, 2.45) is 0 Å². The van der Waals surface area contributed by atoms with Gasteiger partial charge in [0.25, 0.3) is 5.56 Å². The summed E-state index contributed by atoms with van der Waals surface area (Å²) in [7, 11) is 0. The van der Waals surface area contributed by atoms with E-state index < -0.39 is 0 Å². The average molecular weight is 255 g/mol. The monoisotopic (exact) mass is 255 g/mol. The summed E-state index contributed by atoms with van der Waals surface area (Å²) in [6, 6.07) is 8.75. The fraction of sp³-hybridized carbons (Fsp3) is 0.143. The van der Waals surface area contributed by atoms with Gasteiger partial charge in [0, 0.05) is 18.0 Å². The molecule has 0 spiro atoms. The van der Waals surface area contributed by atoms with Crippen molar-refractivity contribution >= 4 is 16.8 Å². The minimum absolute atomic E-state index is 0.0678. The predicted molar refractivity (Wildman–Crippen MR) is 73.0 cm³/mol. The van der Waals surface area contributed by atoms with Gasteiger partial charge in [-0.3, -0.25) is 4.79 Å². The van der Waals surface area contributed by atoms with Gasteiger partial charge in [-0.05, 0) is 36.8 Å². The quantitative estimate of drug-likeness (QED) is 0.710. The standard InChI is InChI=1S/C14H13N3O2/c1-9-4-5-17(14(18)6-9)8-13-16-11-7-10(15)2-3-12(11)19-13/h2-7H,8,15H2,1H3. The van der Waals surface area contributed by atoms with E-state index in [1.165, 1.54) is 0 Å². The van der Waals surface area contributed by atoms with Gasteiger partial charge < -0.3 is 14.7 Å². The zero-order valence-corrected chi connectivity index (χ0v) is 10.5. The molecule has 0 saturated carbocycles. The zero-order valence-electron chi connectivity index (χ0n) is 10.5. The molecule has 3 aromatic rings. The summed E-state index contributed by atoms with van der Waals surface area (Å²) in [5, 5.41) is 0. The number of oxazole rings is 1. The number of nitrogens with two attached hydrogens (primary N) is 1. The highest BCUT2D eigenvalue weighted by molar-refractivity contribution is 5.76. The van der Waals surface area contributed by atoms with Crippen molar-refractivity contribution in [3.8, 4) is 0 Å². The molecule has 5 heteroatoms. The van der Waals surface area contributed by atoms with Gasteiger partial charge in [0.1, 0.15) is 12.1 Å². The molecule has 0 aliphatic heterocycles. The van der Waals surface area contributed by atoms with Crippen LogP contribution in [0.25, 0.3) is 11.1 Å². The Hall–Kier alpha value is -2.56. The number of anilines is 1. The van der Waals surface area contributed by atoms with Crippen LogP contribution in [0.1, 0.15) is 11.5 Å². The molecule has 0 radical (unpaired) electrons. The third-order valence-electron chi connectivity index (χ3n) is 2.91. The third kappa shape index (κ3) is 2.22. The molecule has 96 valence electrons. The van der Waals surface area contributed by atoms with E-state index in [-0.39, 0.29) is 5.56 Å². The second kappa shape index (κ2) is 4.28. The maximum Gasteiger partial charge on any atom is 0.251 e. The Morgan fingerprint density at radius 2 is 2.16 bits per heavy atom. The number of nitrogens with zero attached hydrogens (tertiary/aromatic N) is 2. The van der Waals surface area contributed by atoms with E-state index in [0.29, 0.717) is 29.2 Å². The highest BCUT2D eigenvalue weighted by Crippen LogP contribution is 2.18. The van der Waals surface area contributed by atoms with Crippen LogP contribution < -0.4 is 11.3 Å². The number of aromatic nitrogens is 2. The lowest BCUT2D eigenvalue weighted by atomic mass is 10.3. The molecule has 0 fully saturated rings. The molecule has 0 atom stereocenters. The minimum atomic E-state index is -0.0678. The molecule has 0 saturated heterocycles. The topological polar surface area (TPSA) is 74.1 Å². The Morgan fingerprint density at radius 3 is 2.95 bits per heavy atom. The first kappa shape index (κ1) is 11.5. The van der Waals surface area contributed by atoms with Crippen LogP contribution in [0.2, 0.25) is 0 Å². The van der Waals surface area contributed by atoms with Crippen LogP contribution in [0.15, 0.2) is 45.7 Å². The van der Waals surface area contributed by atoms with Crippen LogP contribution in [0, 0.1) is 6.92 Å². The Bertz CT molecular complexity index is 802. The first-order valence-electron chi connectivity index (χ1n) is 5.94. The normalized spacial score (nSPS) is 11.0. The van der Waals surface area contributed by atoms with E-state index >= 15 is 0 Å². The Kier molecular flexibility index (Phi) is 2.59. The average Bonchev–Trinajstić information content (AvgIpc) is 2.74. The minimum Gasteiger partial charge on any atom is -0.439 e. The lowest BCUT2D eigenvalue weighted by Gasteiger charge is -2.01. The summed E-state index contributed by atoms with van der Waals surface area (Å²) < 4.78 is 7.14. The number of pyridine rings is 1. The number of nitrogen functional groups attached to an aromatic ring is 1. The lowest BCUT2D eigenvalue weighted by molar-refractivity contribution is 0.504. The SMILES string of the molecule is Cc1ccn(Cc2nc3cc(N)ccc3o2)c(=O)c1. The number of benzene rings is 1. The molecule has 5 nitrogen and oxygen atoms in total. The number of fused-ring (bicyclic) bond motifs is 1. The van der Waals surface area contributed by atoms with Crippen molar-refractivity contribution < 1.29 is 4.42 Å². The van der Waals surface area contributed by atoms with Crippen LogP contribution in [0.4, 0.5) is 5.69 Å². The number of rotatable bonds is 2. The van der Waals surface area contributed by atoms with Crippen molar-refractivity contribution in [2.45, 2.75) is 13.5 Å². The van der Waals surface area contributed by atoms with Crippen LogP contribution in [-0.2, 0) is 6.54 Å². The van der Waals surface area contributed by atoms with Gasteiger partial charge in [-0.1, -0.05) is 0 Å². The highest BCUT2D eigenvalue weighted by Gasteiger charge is 2.07. The highest BCUT2D eigenvalue weighted by atomic mass is 16.3. The summed E-state index contributed by atoms with van der Waals surface area (Å²) in [6.45, 7) is 2.20. The lowest BCUT2D eigenvalue weighted by Crippen LogP contribution is -2.19. The Balaban J connectivity index is 1.99. The van der Waals surface area contributed by atoms with Gasteiger partial charge in [-0.15, -0.1) is 0 Å². The second-order valence-electron chi connectivity index (χ2n) is 4.50. The fourth-order valence-corrected chi connectivity index (χ4v) is 1.94. The van der Waals surface area contributed by atoms with Gasteiger partial charge in [0.05, 0.1) is 0 Å². The number of aryl methyl sites for hydroxylation is 1. The van der Waals surface area contributed by atoms with Crippen LogP contribution in [-0.4, -0.2) is 9.55 Å². The van der Waals surface area contributed by atoms with Gasteiger partial charge in [0.2, 0.25) is 5.89 Å². The first-order valence-corrected chi connectivity index (χ1v) is 5.94. The summed E-state index contributed by atoms with van der Waals surface area (Å²) in [4.78, 5) is 16.1. The molecular weight excluding hydrogens is 242 g/mol. The predicted octanol–water partition coefficient (Wildman–Crippen LogP) is 1.93. The third-order valence-corrected chi connectivity index (χ3v) is 2.91. The van der Waals surface area contributed by atoms with E-state index in [4.69, 9.17) is 10.2 Å². The molecule has 0 bridgehead atoms. The molecule has 0 unspecified atom stereocenters. The van der Waals surface area contributed by atoms with Crippen LogP contribution >= 0.6 is 0 Å². The van der Waals surface area contributed by atoms with E-state index in [2.05, 4.69) is 4.98 Å². The van der Waals surface area contributed by atoms with Gasteiger partial charge in [0.15, 0.2) is 5.58 Å². The second-order valence-corrected chi connectivity index (χ2v) is 4.50. The van der Waals surface area contributed by atoms with Crippen molar-refractivity contribution in [1.29, 1.82) is 0 Å². The molecule has 2 N–H and O–H groups in total.